The number of carboxylic acid groups (broad SMARTS) is 1. The summed E-state index contributed by atoms with van der Waals surface area (Å²) >= 11 is 0. The summed E-state index contributed by atoms with van der Waals surface area (Å²) in [4.78, 5) is 51.6. The fourth-order valence-corrected chi connectivity index (χ4v) is 4.64. The van der Waals surface area contributed by atoms with Gasteiger partial charge in [0, 0.05) is 6.54 Å². The molecule has 9 heteroatoms. The molecule has 2 aromatic rings. The number of carboxylic acids is 1. The molecule has 3 amide bonds. The van der Waals surface area contributed by atoms with Crippen LogP contribution in [-0.2, 0) is 32.1 Å². The molecule has 0 saturated carbocycles. The average molecular weight is 568 g/mol. The predicted octanol–water partition coefficient (Wildman–Crippen LogP) is 5.20. The number of nitrogens with one attached hydrogen (secondary N) is 2. The summed E-state index contributed by atoms with van der Waals surface area (Å²) in [6, 6.07) is 18.0. The fraction of sp³-hybridized carbons (Fsp3) is 0.500. The Labute approximate surface area is 243 Å². The van der Waals surface area contributed by atoms with Gasteiger partial charge < -0.3 is 15.2 Å². The smallest absolute Gasteiger partial charge is 0.408 e. The van der Waals surface area contributed by atoms with Crippen LogP contribution in [0.4, 0.5) is 4.79 Å². The van der Waals surface area contributed by atoms with Crippen LogP contribution in [0.2, 0.25) is 0 Å². The zero-order valence-electron chi connectivity index (χ0n) is 24.8. The molecule has 0 fully saturated rings. The van der Waals surface area contributed by atoms with Gasteiger partial charge in [-0.05, 0) is 55.6 Å². The second kappa shape index (κ2) is 17.0. The Morgan fingerprint density at radius 3 is 1.95 bits per heavy atom. The van der Waals surface area contributed by atoms with Crippen molar-refractivity contribution in [2.45, 2.75) is 73.0 Å². The van der Waals surface area contributed by atoms with Crippen molar-refractivity contribution < 1.29 is 29.0 Å². The van der Waals surface area contributed by atoms with Gasteiger partial charge in [-0.25, -0.2) is 4.79 Å². The number of benzene rings is 2. The van der Waals surface area contributed by atoms with Crippen LogP contribution in [0.3, 0.4) is 0 Å². The van der Waals surface area contributed by atoms with Gasteiger partial charge in [0.2, 0.25) is 5.91 Å². The van der Waals surface area contributed by atoms with Crippen LogP contribution < -0.4 is 10.7 Å². The maximum Gasteiger partial charge on any atom is 0.408 e. The van der Waals surface area contributed by atoms with Gasteiger partial charge in [0.05, 0.1) is 11.8 Å². The van der Waals surface area contributed by atoms with Crippen LogP contribution in [0.1, 0.15) is 65.0 Å². The largest absolute Gasteiger partial charge is 0.481 e. The Bertz CT molecular complexity index is 1110. The van der Waals surface area contributed by atoms with Crippen molar-refractivity contribution in [1.29, 1.82) is 0 Å². The van der Waals surface area contributed by atoms with Gasteiger partial charge in [-0.15, -0.1) is 0 Å². The highest BCUT2D eigenvalue weighted by molar-refractivity contribution is 5.89. The van der Waals surface area contributed by atoms with Crippen LogP contribution in [0.25, 0.3) is 0 Å². The highest BCUT2D eigenvalue weighted by atomic mass is 16.5. The van der Waals surface area contributed by atoms with Crippen molar-refractivity contribution >= 4 is 23.9 Å². The number of hydrogen-bond donors (Lipinski definition) is 3. The molecule has 0 aliphatic rings. The molecule has 0 aromatic heterocycles. The van der Waals surface area contributed by atoms with E-state index in [0.29, 0.717) is 25.7 Å². The van der Waals surface area contributed by atoms with E-state index in [1.165, 1.54) is 11.9 Å². The van der Waals surface area contributed by atoms with Crippen molar-refractivity contribution in [3.63, 3.8) is 0 Å². The number of carbonyl (C=O) groups excluding carboxylic acids is 3. The first-order valence-corrected chi connectivity index (χ1v) is 14.3. The van der Waals surface area contributed by atoms with Gasteiger partial charge in [-0.2, -0.15) is 0 Å². The van der Waals surface area contributed by atoms with Gasteiger partial charge in [-0.1, -0.05) is 88.4 Å². The Morgan fingerprint density at radius 1 is 0.829 bits per heavy atom. The number of aliphatic carboxylic acids is 1. The lowest BCUT2D eigenvalue weighted by Crippen LogP contribution is -2.56. The summed E-state index contributed by atoms with van der Waals surface area (Å²) in [6.45, 7) is 9.43. The van der Waals surface area contributed by atoms with E-state index in [4.69, 9.17) is 4.74 Å². The molecule has 1 unspecified atom stereocenters. The minimum atomic E-state index is -1.03. The summed E-state index contributed by atoms with van der Waals surface area (Å²) in [5.74, 6) is -3.74. The molecule has 41 heavy (non-hydrogen) atoms. The molecule has 0 heterocycles. The maximum atomic E-state index is 13.6. The first-order chi connectivity index (χ1) is 19.5. The molecule has 0 aliphatic carbocycles. The monoisotopic (exact) mass is 567 g/mol. The Morgan fingerprint density at radius 2 is 1.41 bits per heavy atom. The molecule has 9 nitrogen and oxygen atoms in total. The van der Waals surface area contributed by atoms with Crippen LogP contribution >= 0.6 is 0 Å². The minimum Gasteiger partial charge on any atom is -0.481 e. The van der Waals surface area contributed by atoms with Crippen molar-refractivity contribution in [1.82, 2.24) is 15.8 Å². The van der Waals surface area contributed by atoms with Gasteiger partial charge in [0.25, 0.3) is 5.91 Å². The van der Waals surface area contributed by atoms with Crippen molar-refractivity contribution in [3.8, 4) is 0 Å². The van der Waals surface area contributed by atoms with E-state index in [9.17, 15) is 24.3 Å². The number of alkyl carbamates (subject to hydrolysis) is 1. The first-order valence-electron chi connectivity index (χ1n) is 14.3. The number of hydrogen-bond acceptors (Lipinski definition) is 5. The minimum absolute atomic E-state index is 0.00109. The zero-order valence-corrected chi connectivity index (χ0v) is 24.8. The van der Waals surface area contributed by atoms with E-state index < -0.39 is 41.8 Å². The van der Waals surface area contributed by atoms with Crippen LogP contribution in [-0.4, -0.2) is 46.6 Å². The number of carbonyl (C=O) groups is 4. The van der Waals surface area contributed by atoms with Gasteiger partial charge in [0.1, 0.15) is 12.6 Å². The Hall–Kier alpha value is -3.88. The molecule has 0 spiro atoms. The lowest BCUT2D eigenvalue weighted by Gasteiger charge is -2.31. The molecular weight excluding hydrogens is 522 g/mol. The SMILES string of the molecule is CC(C)C[C@@H](C(=O)NN(CC(C)C)C(=O)[C@@H](C)NC(=O)OCc1ccccc1)C(CCCc1ccccc1)C(=O)O. The number of ether oxygens (including phenoxy) is 1. The number of nitrogens with zero attached hydrogens (tertiary/aromatic N) is 1. The lowest BCUT2D eigenvalue weighted by molar-refractivity contribution is -0.152. The van der Waals surface area contributed by atoms with Gasteiger partial charge in [-0.3, -0.25) is 24.8 Å². The summed E-state index contributed by atoms with van der Waals surface area (Å²) in [7, 11) is 0. The summed E-state index contributed by atoms with van der Waals surface area (Å²) in [6.07, 6.45) is 1.26. The van der Waals surface area contributed by atoms with Crippen molar-refractivity contribution in [2.24, 2.45) is 23.7 Å². The predicted molar refractivity (Wildman–Crippen MR) is 157 cm³/mol. The quantitative estimate of drug-likeness (QED) is 0.254. The summed E-state index contributed by atoms with van der Waals surface area (Å²) in [5.41, 5.74) is 4.62. The van der Waals surface area contributed by atoms with E-state index in [2.05, 4.69) is 10.7 Å². The lowest BCUT2D eigenvalue weighted by atomic mass is 9.81. The number of rotatable bonds is 15. The third-order valence-corrected chi connectivity index (χ3v) is 6.66. The van der Waals surface area contributed by atoms with Gasteiger partial charge in [0.15, 0.2) is 0 Å². The average Bonchev–Trinajstić information content (AvgIpc) is 2.93. The Balaban J connectivity index is 2.09. The van der Waals surface area contributed by atoms with E-state index in [1.54, 1.807) is 0 Å². The zero-order chi connectivity index (χ0) is 30.4. The van der Waals surface area contributed by atoms with E-state index in [0.717, 1.165) is 11.1 Å². The summed E-state index contributed by atoms with van der Waals surface area (Å²) < 4.78 is 5.23. The van der Waals surface area contributed by atoms with E-state index in [1.807, 2.05) is 88.4 Å². The van der Waals surface area contributed by atoms with E-state index >= 15 is 0 Å². The molecule has 3 N–H and O–H groups in total. The standard InChI is InChI=1S/C32H45N3O6/c1-22(2)19-28(27(31(38)39)18-12-17-25-13-8-6-9-14-25)29(36)34-35(20-23(3)4)30(37)24(5)33-32(40)41-21-26-15-10-7-11-16-26/h6-11,13-16,22-24,27-28H,12,17-21H2,1-5H3,(H,33,40)(H,34,36)(H,38,39)/t24-,27?,28-/m1/s1. The molecule has 3 atom stereocenters. The third-order valence-electron chi connectivity index (χ3n) is 6.66. The van der Waals surface area contributed by atoms with Crippen molar-refractivity contribution in [2.75, 3.05) is 6.54 Å². The van der Waals surface area contributed by atoms with Crippen LogP contribution in [0.15, 0.2) is 60.7 Å². The number of amides is 3. The van der Waals surface area contributed by atoms with Gasteiger partial charge >= 0.3 is 12.1 Å². The molecule has 2 rings (SSSR count). The molecule has 224 valence electrons. The normalized spacial score (nSPS) is 13.2. The topological polar surface area (TPSA) is 125 Å². The molecule has 0 saturated heterocycles. The fourth-order valence-electron chi connectivity index (χ4n) is 4.64. The molecule has 0 radical (unpaired) electrons. The summed E-state index contributed by atoms with van der Waals surface area (Å²) in [5, 5.41) is 13.8. The van der Waals surface area contributed by atoms with Crippen molar-refractivity contribution in [3.05, 3.63) is 71.8 Å². The van der Waals surface area contributed by atoms with Crippen LogP contribution in [0.5, 0.6) is 0 Å². The number of hydrazine groups is 1. The molecule has 0 bridgehead atoms. The maximum absolute atomic E-state index is 13.6. The van der Waals surface area contributed by atoms with Crippen LogP contribution in [0, 0.1) is 23.7 Å². The highest BCUT2D eigenvalue weighted by Gasteiger charge is 2.36. The second-order valence-corrected chi connectivity index (χ2v) is 11.3. The molecule has 2 aromatic carbocycles. The second-order valence-electron chi connectivity index (χ2n) is 11.3. The highest BCUT2D eigenvalue weighted by Crippen LogP contribution is 2.27. The Kier molecular flexibility index (Phi) is 13.9. The van der Waals surface area contributed by atoms with E-state index in [-0.39, 0.29) is 25.0 Å². The molecular formula is C32H45N3O6. The first kappa shape index (κ1) is 33.3. The molecule has 0 aliphatic heterocycles. The number of aryl methyl sites for hydroxylation is 1. The third kappa shape index (κ3) is 12.0.